The smallest absolute Gasteiger partial charge is 0.282 e. The number of nitrogens with two attached hydrogens (primary N) is 1. The molecule has 0 atom stereocenters. The minimum atomic E-state index is -3.91. The van der Waals surface area contributed by atoms with Gasteiger partial charge in [0.1, 0.15) is 11.6 Å². The van der Waals surface area contributed by atoms with E-state index in [2.05, 4.69) is 24.8 Å². The van der Waals surface area contributed by atoms with Gasteiger partial charge in [-0.15, -0.1) is 0 Å². The lowest BCUT2D eigenvalue weighted by atomic mass is 9.94. The Kier molecular flexibility index (Phi) is 5.68. The summed E-state index contributed by atoms with van der Waals surface area (Å²) in [5.41, 5.74) is 8.00. The number of hydrogen-bond donors (Lipinski definition) is 2. The van der Waals surface area contributed by atoms with Gasteiger partial charge in [0.05, 0.1) is 22.3 Å². The lowest BCUT2D eigenvalue weighted by Crippen LogP contribution is -2.27. The van der Waals surface area contributed by atoms with Gasteiger partial charge in [-0.3, -0.25) is 4.68 Å². The predicted molar refractivity (Wildman–Crippen MR) is 116 cm³/mol. The first-order valence-corrected chi connectivity index (χ1v) is 11.2. The number of halogens is 1. The van der Waals surface area contributed by atoms with Gasteiger partial charge >= 0.3 is 0 Å². The summed E-state index contributed by atoms with van der Waals surface area (Å²) in [5.74, 6) is 0.380. The number of hydrogen-bond acceptors (Lipinski definition) is 7. The van der Waals surface area contributed by atoms with Gasteiger partial charge in [0.15, 0.2) is 0 Å². The Balaban J connectivity index is 1.41. The number of anilines is 2. The summed E-state index contributed by atoms with van der Waals surface area (Å²) in [6, 6.07) is 6.72. The van der Waals surface area contributed by atoms with Crippen LogP contribution in [0, 0.1) is 5.82 Å². The number of aryl methyl sites for hydroxylation is 1. The third-order valence-corrected chi connectivity index (χ3v) is 6.50. The Bertz CT molecular complexity index is 1230. The highest BCUT2D eigenvalue weighted by Gasteiger charge is 2.22. The Labute approximate surface area is 179 Å². The number of nitrogens with zero attached hydrogens (tertiary/aromatic N) is 5. The maximum atomic E-state index is 13.3. The minimum absolute atomic E-state index is 0.0809. The molecule has 0 bridgehead atoms. The van der Waals surface area contributed by atoms with Crippen molar-refractivity contribution in [2.75, 3.05) is 11.1 Å². The second kappa shape index (κ2) is 8.42. The van der Waals surface area contributed by atoms with Crippen molar-refractivity contribution in [2.24, 2.45) is 11.4 Å². The third-order valence-electron chi connectivity index (χ3n) is 5.16. The van der Waals surface area contributed by atoms with Crippen molar-refractivity contribution in [3.05, 3.63) is 48.5 Å². The van der Waals surface area contributed by atoms with E-state index in [1.54, 1.807) is 30.2 Å². The molecule has 0 unspecified atom stereocenters. The third kappa shape index (κ3) is 4.71. The molecule has 3 N–H and O–H groups in total. The van der Waals surface area contributed by atoms with Gasteiger partial charge in [0.25, 0.3) is 10.0 Å². The molecule has 0 saturated heterocycles. The Morgan fingerprint density at radius 1 is 1.26 bits per heavy atom. The summed E-state index contributed by atoms with van der Waals surface area (Å²) in [4.78, 5) is 8.65. The van der Waals surface area contributed by atoms with Crippen LogP contribution in [0.2, 0.25) is 0 Å². The minimum Gasteiger partial charge on any atom is -0.383 e. The number of nitrogens with one attached hydrogen (secondary N) is 1. The molecule has 0 radical (unpaired) electrons. The fraction of sp³-hybridized carbons (Fsp3) is 0.300. The molecule has 3 aromatic rings. The van der Waals surface area contributed by atoms with E-state index >= 15 is 0 Å². The van der Waals surface area contributed by atoms with Crippen molar-refractivity contribution < 1.29 is 12.8 Å². The topological polar surface area (TPSA) is 128 Å². The molecule has 1 saturated carbocycles. The van der Waals surface area contributed by atoms with Crippen LogP contribution in [-0.2, 0) is 17.1 Å². The zero-order valence-corrected chi connectivity index (χ0v) is 17.7. The van der Waals surface area contributed by atoms with Crippen LogP contribution < -0.4 is 11.1 Å². The molecule has 4 rings (SSSR count). The zero-order valence-electron chi connectivity index (χ0n) is 16.9. The quantitative estimate of drug-likeness (QED) is 0.620. The van der Waals surface area contributed by atoms with Crippen LogP contribution in [0.3, 0.4) is 0 Å². The zero-order chi connectivity index (χ0) is 22.0. The van der Waals surface area contributed by atoms with E-state index < -0.39 is 15.8 Å². The van der Waals surface area contributed by atoms with E-state index in [0.717, 1.165) is 11.6 Å². The average molecular weight is 444 g/mol. The van der Waals surface area contributed by atoms with Gasteiger partial charge in [0, 0.05) is 25.0 Å². The second-order valence-corrected chi connectivity index (χ2v) is 8.95. The summed E-state index contributed by atoms with van der Waals surface area (Å²) in [6.45, 7) is 0. The summed E-state index contributed by atoms with van der Waals surface area (Å²) in [6.07, 6.45) is 5.70. The molecule has 1 aliphatic rings. The Morgan fingerprint density at radius 2 is 2.03 bits per heavy atom. The molecule has 11 heteroatoms. The molecule has 0 aliphatic heterocycles. The van der Waals surface area contributed by atoms with Crippen LogP contribution >= 0.6 is 0 Å². The van der Waals surface area contributed by atoms with E-state index in [1.807, 2.05) is 0 Å². The number of rotatable bonds is 5. The number of benzene rings is 1. The van der Waals surface area contributed by atoms with Crippen molar-refractivity contribution >= 4 is 27.5 Å². The Hall–Kier alpha value is -3.34. The van der Waals surface area contributed by atoms with E-state index in [4.69, 9.17) is 5.73 Å². The summed E-state index contributed by atoms with van der Waals surface area (Å²) < 4.78 is 43.7. The first-order chi connectivity index (χ1) is 14.8. The van der Waals surface area contributed by atoms with Crippen LogP contribution in [0.4, 0.5) is 16.2 Å². The van der Waals surface area contributed by atoms with Gasteiger partial charge in [-0.05, 0) is 49.9 Å². The number of nitrogen functional groups attached to an aromatic ring is 1. The van der Waals surface area contributed by atoms with Crippen molar-refractivity contribution in [2.45, 2.75) is 36.6 Å². The summed E-state index contributed by atoms with van der Waals surface area (Å²) in [7, 11) is -2.16. The SMILES string of the molecule is Cn1ncc(-c2ccnc(NC3CCC(=NS(=O)(=O)c4cccc(F)c4)CC3)n2)c1N. The van der Waals surface area contributed by atoms with Gasteiger partial charge in [-0.25, -0.2) is 14.4 Å². The van der Waals surface area contributed by atoms with Gasteiger partial charge in [-0.2, -0.15) is 17.9 Å². The predicted octanol–water partition coefficient (Wildman–Crippen LogP) is 2.78. The van der Waals surface area contributed by atoms with Crippen LogP contribution in [0.25, 0.3) is 11.3 Å². The van der Waals surface area contributed by atoms with E-state index in [-0.39, 0.29) is 10.9 Å². The first-order valence-electron chi connectivity index (χ1n) is 9.77. The standard InChI is InChI=1S/C20H22FN7O2S/c1-28-19(22)17(12-24-28)18-9-10-23-20(26-18)25-14-5-7-15(8-6-14)27-31(29,30)16-4-2-3-13(21)11-16/h2-4,9-12,14H,5-8,22H2,1H3,(H,23,25,26). The average Bonchev–Trinajstić information content (AvgIpc) is 3.08. The fourth-order valence-corrected chi connectivity index (χ4v) is 4.58. The van der Waals surface area contributed by atoms with Gasteiger partial charge in [0.2, 0.25) is 5.95 Å². The number of aromatic nitrogens is 4. The van der Waals surface area contributed by atoms with Gasteiger partial charge < -0.3 is 11.1 Å². The van der Waals surface area contributed by atoms with Crippen molar-refractivity contribution in [3.8, 4) is 11.3 Å². The molecule has 0 amide bonds. The van der Waals surface area contributed by atoms with E-state index in [9.17, 15) is 12.8 Å². The van der Waals surface area contributed by atoms with Crippen molar-refractivity contribution in [1.29, 1.82) is 0 Å². The number of sulfonamides is 1. The molecule has 0 spiro atoms. The monoisotopic (exact) mass is 443 g/mol. The van der Waals surface area contributed by atoms with Gasteiger partial charge in [-0.1, -0.05) is 6.07 Å². The molecule has 9 nitrogen and oxygen atoms in total. The van der Waals surface area contributed by atoms with E-state index in [0.29, 0.717) is 48.9 Å². The second-order valence-electron chi connectivity index (χ2n) is 7.34. The Morgan fingerprint density at radius 3 is 2.71 bits per heavy atom. The normalized spacial score (nSPS) is 16.8. The molecule has 1 aromatic carbocycles. The van der Waals surface area contributed by atoms with Crippen LogP contribution in [0.5, 0.6) is 0 Å². The molecule has 31 heavy (non-hydrogen) atoms. The summed E-state index contributed by atoms with van der Waals surface area (Å²) in [5, 5.41) is 7.43. The lowest BCUT2D eigenvalue weighted by Gasteiger charge is -2.24. The first kappa shape index (κ1) is 20.9. The highest BCUT2D eigenvalue weighted by Crippen LogP contribution is 2.25. The molecular weight excluding hydrogens is 421 g/mol. The maximum absolute atomic E-state index is 13.3. The molecule has 2 aromatic heterocycles. The highest BCUT2D eigenvalue weighted by molar-refractivity contribution is 7.90. The van der Waals surface area contributed by atoms with Crippen LogP contribution in [0.1, 0.15) is 25.7 Å². The molecule has 162 valence electrons. The lowest BCUT2D eigenvalue weighted by molar-refractivity contribution is 0.581. The van der Waals surface area contributed by atoms with Crippen molar-refractivity contribution in [3.63, 3.8) is 0 Å². The summed E-state index contributed by atoms with van der Waals surface area (Å²) >= 11 is 0. The fourth-order valence-electron chi connectivity index (χ4n) is 3.44. The molecular formula is C20H22FN7O2S. The highest BCUT2D eigenvalue weighted by atomic mass is 32.2. The largest absolute Gasteiger partial charge is 0.383 e. The molecule has 1 aliphatic carbocycles. The van der Waals surface area contributed by atoms with Crippen LogP contribution in [-0.4, -0.2) is 39.9 Å². The van der Waals surface area contributed by atoms with E-state index in [1.165, 1.54) is 18.2 Å². The van der Waals surface area contributed by atoms with Crippen LogP contribution in [0.15, 0.2) is 52.0 Å². The maximum Gasteiger partial charge on any atom is 0.282 e. The molecule has 1 fully saturated rings. The molecule has 2 heterocycles. The van der Waals surface area contributed by atoms with Crippen molar-refractivity contribution in [1.82, 2.24) is 19.7 Å².